The highest BCUT2D eigenvalue weighted by molar-refractivity contribution is 7.19. The average molecular weight is 463 g/mol. The number of carbonyl (C=O) groups excluding carboxylic acids is 1. The Morgan fingerprint density at radius 1 is 1.12 bits per heavy atom. The molecule has 0 spiro atoms. The Hall–Kier alpha value is -2.47. The number of aromatic nitrogens is 2. The third-order valence-electron chi connectivity index (χ3n) is 7.15. The Morgan fingerprint density at radius 3 is 2.52 bits per heavy atom. The van der Waals surface area contributed by atoms with Crippen LogP contribution in [0.25, 0.3) is 10.2 Å². The van der Waals surface area contributed by atoms with Gasteiger partial charge in [-0.15, -0.1) is 11.3 Å². The lowest BCUT2D eigenvalue weighted by atomic mass is 9.89. The molecule has 5 rings (SSSR count). The van der Waals surface area contributed by atoms with Crippen molar-refractivity contribution in [2.24, 2.45) is 5.92 Å². The van der Waals surface area contributed by atoms with Gasteiger partial charge in [0.1, 0.15) is 16.5 Å². The molecule has 1 aliphatic heterocycles. The van der Waals surface area contributed by atoms with Crippen LogP contribution in [0.4, 0.5) is 5.82 Å². The second kappa shape index (κ2) is 9.05. The Kier molecular flexibility index (Phi) is 6.12. The molecule has 0 N–H and O–H groups in total. The van der Waals surface area contributed by atoms with Crippen molar-refractivity contribution >= 4 is 33.3 Å². The van der Waals surface area contributed by atoms with Crippen molar-refractivity contribution in [1.82, 2.24) is 14.9 Å². The molecule has 0 bridgehead atoms. The summed E-state index contributed by atoms with van der Waals surface area (Å²) in [7, 11) is 0. The summed E-state index contributed by atoms with van der Waals surface area (Å²) in [5.74, 6) is 3.19. The van der Waals surface area contributed by atoms with E-state index in [2.05, 4.69) is 44.7 Å². The maximum absolute atomic E-state index is 13.1. The van der Waals surface area contributed by atoms with E-state index in [0.717, 1.165) is 73.4 Å². The molecule has 33 heavy (non-hydrogen) atoms. The zero-order chi connectivity index (χ0) is 23.1. The minimum atomic E-state index is 0.134. The topological polar surface area (TPSA) is 49.3 Å². The first-order valence-corrected chi connectivity index (χ1v) is 13.2. The number of hydrogen-bond donors (Lipinski definition) is 0. The lowest BCUT2D eigenvalue weighted by Crippen LogP contribution is -2.49. The van der Waals surface area contributed by atoms with E-state index in [1.807, 2.05) is 28.4 Å². The molecule has 0 saturated carbocycles. The minimum Gasteiger partial charge on any atom is -0.352 e. The van der Waals surface area contributed by atoms with Gasteiger partial charge in [0.25, 0.3) is 5.91 Å². The summed E-state index contributed by atoms with van der Waals surface area (Å²) >= 11 is 1.88. The van der Waals surface area contributed by atoms with Crippen LogP contribution in [0.1, 0.15) is 72.2 Å². The molecular weight excluding hydrogens is 428 g/mol. The quantitative estimate of drug-likeness (QED) is 0.516. The molecule has 1 aromatic carbocycles. The highest BCUT2D eigenvalue weighted by atomic mass is 32.1. The third-order valence-corrected chi connectivity index (χ3v) is 8.29. The van der Waals surface area contributed by atoms with Crippen LogP contribution >= 0.6 is 11.3 Å². The summed E-state index contributed by atoms with van der Waals surface area (Å²) in [6.45, 7) is 11.9. The number of benzene rings is 1. The number of rotatable bonds is 4. The second-order valence-corrected chi connectivity index (χ2v) is 11.0. The predicted octanol–water partition coefficient (Wildman–Crippen LogP) is 5.46. The van der Waals surface area contributed by atoms with Crippen molar-refractivity contribution in [2.45, 2.75) is 59.3 Å². The second-order valence-electron chi connectivity index (χ2n) is 9.92. The molecule has 174 valence electrons. The Morgan fingerprint density at radius 2 is 1.85 bits per heavy atom. The zero-order valence-corrected chi connectivity index (χ0v) is 21.0. The molecule has 1 aliphatic carbocycles. The first-order chi connectivity index (χ1) is 15.9. The smallest absolute Gasteiger partial charge is 0.253 e. The van der Waals surface area contributed by atoms with Crippen molar-refractivity contribution in [3.8, 4) is 0 Å². The molecule has 0 unspecified atom stereocenters. The van der Waals surface area contributed by atoms with Gasteiger partial charge in [0.2, 0.25) is 0 Å². The van der Waals surface area contributed by atoms with E-state index in [9.17, 15) is 4.79 Å². The number of piperazine rings is 1. The summed E-state index contributed by atoms with van der Waals surface area (Å²) in [6.07, 6.45) is 4.51. The van der Waals surface area contributed by atoms with Crippen LogP contribution in [-0.4, -0.2) is 47.0 Å². The van der Waals surface area contributed by atoms with Gasteiger partial charge in [0.15, 0.2) is 0 Å². The van der Waals surface area contributed by atoms with Gasteiger partial charge in [0.05, 0.1) is 5.39 Å². The summed E-state index contributed by atoms with van der Waals surface area (Å²) in [4.78, 5) is 30.2. The number of amides is 1. The van der Waals surface area contributed by atoms with Crippen molar-refractivity contribution in [1.29, 1.82) is 0 Å². The van der Waals surface area contributed by atoms with E-state index in [-0.39, 0.29) is 5.91 Å². The number of fused-ring (bicyclic) bond motifs is 3. The van der Waals surface area contributed by atoms with Crippen molar-refractivity contribution < 1.29 is 4.79 Å². The summed E-state index contributed by atoms with van der Waals surface area (Å²) < 4.78 is 0. The van der Waals surface area contributed by atoms with Gasteiger partial charge in [-0.3, -0.25) is 4.79 Å². The van der Waals surface area contributed by atoms with Crippen molar-refractivity contribution in [2.75, 3.05) is 31.1 Å². The van der Waals surface area contributed by atoms with E-state index in [4.69, 9.17) is 9.97 Å². The Labute approximate surface area is 200 Å². The maximum atomic E-state index is 13.1. The number of hydrogen-bond acceptors (Lipinski definition) is 5. The largest absolute Gasteiger partial charge is 0.352 e. The van der Waals surface area contributed by atoms with Crippen LogP contribution < -0.4 is 4.90 Å². The van der Waals surface area contributed by atoms with Gasteiger partial charge in [-0.05, 0) is 54.9 Å². The lowest BCUT2D eigenvalue weighted by Gasteiger charge is -2.36. The van der Waals surface area contributed by atoms with Crippen LogP contribution in [-0.2, 0) is 19.3 Å². The lowest BCUT2D eigenvalue weighted by molar-refractivity contribution is 0.0746. The first kappa shape index (κ1) is 22.3. The van der Waals surface area contributed by atoms with E-state index in [1.165, 1.54) is 27.8 Å². The molecule has 2 aliphatic rings. The van der Waals surface area contributed by atoms with Gasteiger partial charge >= 0.3 is 0 Å². The molecule has 1 fully saturated rings. The van der Waals surface area contributed by atoms with Gasteiger partial charge in [-0.2, -0.15) is 0 Å². The number of anilines is 1. The number of carbonyl (C=O) groups is 1. The van der Waals surface area contributed by atoms with Gasteiger partial charge in [0, 0.05) is 42.5 Å². The van der Waals surface area contributed by atoms with E-state index >= 15 is 0 Å². The van der Waals surface area contributed by atoms with Gasteiger partial charge < -0.3 is 9.80 Å². The maximum Gasteiger partial charge on any atom is 0.253 e. The fourth-order valence-electron chi connectivity index (χ4n) is 5.01. The molecule has 3 heterocycles. The highest BCUT2D eigenvalue weighted by Gasteiger charge is 2.29. The number of thiophene rings is 1. The standard InChI is InChI=1S/C27H34N4OS/c1-5-19-7-9-20(10-8-19)27(32)31-14-12-30(13-15-31)25-23-21-11-6-18(4)16-22(21)33-26(23)29-24(28-25)17(2)3/h7-10,17-18H,5-6,11-16H2,1-4H3/t18-/m0/s1. The minimum absolute atomic E-state index is 0.134. The SMILES string of the molecule is CCc1ccc(C(=O)N2CCN(c3nc(C(C)C)nc4sc5c(c34)CC[C@H](C)C5)CC2)cc1. The van der Waals surface area contributed by atoms with Gasteiger partial charge in [-0.1, -0.05) is 39.8 Å². The molecule has 1 amide bonds. The fraction of sp³-hybridized carbons (Fsp3) is 0.519. The Bertz CT molecular complexity index is 1160. The molecule has 3 aromatic rings. The van der Waals surface area contributed by atoms with E-state index < -0.39 is 0 Å². The predicted molar refractivity (Wildman–Crippen MR) is 137 cm³/mol. The fourth-order valence-corrected chi connectivity index (χ4v) is 6.40. The highest BCUT2D eigenvalue weighted by Crippen LogP contribution is 2.41. The molecule has 1 atom stereocenters. The van der Waals surface area contributed by atoms with E-state index in [0.29, 0.717) is 5.92 Å². The third kappa shape index (κ3) is 4.25. The van der Waals surface area contributed by atoms with Crippen LogP contribution in [0.2, 0.25) is 0 Å². The van der Waals surface area contributed by atoms with Crippen molar-refractivity contribution in [3.05, 3.63) is 51.7 Å². The molecular formula is C27H34N4OS. The molecule has 6 heteroatoms. The zero-order valence-electron chi connectivity index (χ0n) is 20.2. The number of nitrogens with zero attached hydrogens (tertiary/aromatic N) is 4. The average Bonchev–Trinajstić information content (AvgIpc) is 3.20. The monoisotopic (exact) mass is 462 g/mol. The molecule has 1 saturated heterocycles. The van der Waals surface area contributed by atoms with Crippen LogP contribution in [0, 0.1) is 5.92 Å². The molecule has 2 aromatic heterocycles. The Balaban J connectivity index is 1.41. The van der Waals surface area contributed by atoms with Crippen LogP contribution in [0.3, 0.4) is 0 Å². The summed E-state index contributed by atoms with van der Waals surface area (Å²) in [6, 6.07) is 8.06. The summed E-state index contributed by atoms with van der Waals surface area (Å²) in [5.41, 5.74) is 3.53. The summed E-state index contributed by atoms with van der Waals surface area (Å²) in [5, 5.41) is 1.28. The van der Waals surface area contributed by atoms with Gasteiger partial charge in [-0.25, -0.2) is 9.97 Å². The van der Waals surface area contributed by atoms with Crippen LogP contribution in [0.5, 0.6) is 0 Å². The van der Waals surface area contributed by atoms with E-state index in [1.54, 1.807) is 0 Å². The molecule has 5 nitrogen and oxygen atoms in total. The van der Waals surface area contributed by atoms with Crippen LogP contribution in [0.15, 0.2) is 24.3 Å². The first-order valence-electron chi connectivity index (χ1n) is 12.4. The molecule has 0 radical (unpaired) electrons. The normalized spacial score (nSPS) is 18.8. The van der Waals surface area contributed by atoms with Crippen molar-refractivity contribution in [3.63, 3.8) is 0 Å². The number of aryl methyl sites for hydroxylation is 2.